The molecule has 3 rings (SSSR count). The molecule has 0 atom stereocenters. The zero-order valence-corrected chi connectivity index (χ0v) is 10.5. The van der Waals surface area contributed by atoms with Crippen LogP contribution in [0.2, 0.25) is 0 Å². The molecule has 2 N–H and O–H groups in total. The third-order valence-corrected chi connectivity index (χ3v) is 3.09. The van der Waals surface area contributed by atoms with E-state index in [2.05, 4.69) is 35.6 Å². The van der Waals surface area contributed by atoms with Gasteiger partial charge in [0.2, 0.25) is 0 Å². The summed E-state index contributed by atoms with van der Waals surface area (Å²) < 4.78 is 5.43. The highest BCUT2D eigenvalue weighted by Crippen LogP contribution is 2.19. The number of aliphatic hydroxyl groups is 1. The topological polar surface area (TPSA) is 45.4 Å². The minimum Gasteiger partial charge on any atom is -0.462 e. The van der Waals surface area contributed by atoms with Crippen molar-refractivity contribution in [3.05, 3.63) is 66.1 Å². The highest BCUT2D eigenvalue weighted by atomic mass is 16.4. The van der Waals surface area contributed by atoms with E-state index in [1.54, 1.807) is 6.07 Å². The van der Waals surface area contributed by atoms with Crippen molar-refractivity contribution in [2.24, 2.45) is 0 Å². The van der Waals surface area contributed by atoms with Crippen LogP contribution in [-0.4, -0.2) is 5.11 Å². The standard InChI is InChI=1S/C16H15NO2/c18-11-16-8-7-15(19-16)10-17-14-6-5-12-3-1-2-4-13(12)9-14/h1-9,17-18H,10-11H2. The first kappa shape index (κ1) is 11.8. The Balaban J connectivity index is 1.74. The van der Waals surface area contributed by atoms with Crippen LogP contribution in [-0.2, 0) is 13.2 Å². The molecule has 0 radical (unpaired) electrons. The van der Waals surface area contributed by atoms with E-state index < -0.39 is 0 Å². The number of anilines is 1. The van der Waals surface area contributed by atoms with Gasteiger partial charge in [0.15, 0.2) is 0 Å². The molecule has 2 aromatic carbocycles. The summed E-state index contributed by atoms with van der Waals surface area (Å²) in [5, 5.41) is 14.7. The van der Waals surface area contributed by atoms with E-state index in [1.807, 2.05) is 18.2 Å². The van der Waals surface area contributed by atoms with Crippen molar-refractivity contribution in [2.75, 3.05) is 5.32 Å². The fourth-order valence-corrected chi connectivity index (χ4v) is 2.09. The molecule has 0 bridgehead atoms. The second-order valence-corrected chi connectivity index (χ2v) is 4.44. The normalized spacial score (nSPS) is 10.8. The van der Waals surface area contributed by atoms with Crippen molar-refractivity contribution in [2.45, 2.75) is 13.2 Å². The van der Waals surface area contributed by atoms with Crippen LogP contribution in [0.4, 0.5) is 5.69 Å². The van der Waals surface area contributed by atoms with Crippen LogP contribution >= 0.6 is 0 Å². The zero-order valence-electron chi connectivity index (χ0n) is 10.5. The Hall–Kier alpha value is -2.26. The highest BCUT2D eigenvalue weighted by molar-refractivity contribution is 5.85. The van der Waals surface area contributed by atoms with E-state index in [-0.39, 0.29) is 6.61 Å². The van der Waals surface area contributed by atoms with Gasteiger partial charge in [0, 0.05) is 5.69 Å². The van der Waals surface area contributed by atoms with Crippen LogP contribution in [0, 0.1) is 0 Å². The quantitative estimate of drug-likeness (QED) is 0.747. The summed E-state index contributed by atoms with van der Waals surface area (Å²) in [4.78, 5) is 0. The van der Waals surface area contributed by atoms with Gasteiger partial charge in [-0.3, -0.25) is 0 Å². The second-order valence-electron chi connectivity index (χ2n) is 4.44. The lowest BCUT2D eigenvalue weighted by Gasteiger charge is -2.06. The van der Waals surface area contributed by atoms with Crippen LogP contribution in [0.1, 0.15) is 11.5 Å². The summed E-state index contributed by atoms with van der Waals surface area (Å²) in [6.45, 7) is 0.550. The minimum absolute atomic E-state index is 0.0595. The summed E-state index contributed by atoms with van der Waals surface area (Å²) in [6, 6.07) is 18.2. The number of rotatable bonds is 4. The molecule has 96 valence electrons. The van der Waals surface area contributed by atoms with Gasteiger partial charge < -0.3 is 14.8 Å². The van der Waals surface area contributed by atoms with Crippen molar-refractivity contribution in [3.63, 3.8) is 0 Å². The summed E-state index contributed by atoms with van der Waals surface area (Å²) >= 11 is 0. The highest BCUT2D eigenvalue weighted by Gasteiger charge is 2.01. The smallest absolute Gasteiger partial charge is 0.129 e. The molecule has 3 nitrogen and oxygen atoms in total. The van der Waals surface area contributed by atoms with E-state index in [0.29, 0.717) is 12.3 Å². The van der Waals surface area contributed by atoms with Gasteiger partial charge in [-0.2, -0.15) is 0 Å². The summed E-state index contributed by atoms with van der Waals surface area (Å²) in [5.74, 6) is 1.41. The Labute approximate surface area is 111 Å². The molecule has 0 spiro atoms. The Morgan fingerprint density at radius 2 is 1.68 bits per heavy atom. The fourth-order valence-electron chi connectivity index (χ4n) is 2.09. The molecule has 0 aliphatic heterocycles. The first-order chi connectivity index (χ1) is 9.35. The third kappa shape index (κ3) is 2.61. The Morgan fingerprint density at radius 3 is 2.47 bits per heavy atom. The summed E-state index contributed by atoms with van der Waals surface area (Å²) in [5.41, 5.74) is 1.06. The average Bonchev–Trinajstić information content (AvgIpc) is 2.93. The number of fused-ring (bicyclic) bond motifs is 1. The molecule has 0 saturated carbocycles. The molecule has 0 saturated heterocycles. The maximum Gasteiger partial charge on any atom is 0.129 e. The molecule has 0 amide bonds. The molecule has 0 aliphatic rings. The number of hydrogen-bond acceptors (Lipinski definition) is 3. The van der Waals surface area contributed by atoms with Gasteiger partial charge in [-0.1, -0.05) is 30.3 Å². The van der Waals surface area contributed by atoms with Crippen LogP contribution in [0.15, 0.2) is 59.0 Å². The zero-order chi connectivity index (χ0) is 13.1. The molecule has 1 heterocycles. The van der Waals surface area contributed by atoms with Gasteiger partial charge in [-0.05, 0) is 35.0 Å². The number of benzene rings is 2. The Kier molecular flexibility index (Phi) is 3.21. The third-order valence-electron chi connectivity index (χ3n) is 3.09. The van der Waals surface area contributed by atoms with Gasteiger partial charge in [-0.25, -0.2) is 0 Å². The molecule has 1 aromatic heterocycles. The Morgan fingerprint density at radius 1 is 0.895 bits per heavy atom. The average molecular weight is 253 g/mol. The van der Waals surface area contributed by atoms with Gasteiger partial charge in [0.25, 0.3) is 0 Å². The summed E-state index contributed by atoms with van der Waals surface area (Å²) in [7, 11) is 0. The van der Waals surface area contributed by atoms with Crippen LogP contribution < -0.4 is 5.32 Å². The van der Waals surface area contributed by atoms with E-state index >= 15 is 0 Å². The maximum atomic E-state index is 8.94. The lowest BCUT2D eigenvalue weighted by Crippen LogP contribution is -1.97. The van der Waals surface area contributed by atoms with Crippen LogP contribution in [0.25, 0.3) is 10.8 Å². The molecule has 3 heteroatoms. The molecular weight excluding hydrogens is 238 g/mol. The predicted molar refractivity (Wildman–Crippen MR) is 75.9 cm³/mol. The Bertz CT molecular complexity index is 688. The monoisotopic (exact) mass is 253 g/mol. The van der Waals surface area contributed by atoms with Gasteiger partial charge in [-0.15, -0.1) is 0 Å². The van der Waals surface area contributed by atoms with Gasteiger partial charge in [0.1, 0.15) is 18.1 Å². The minimum atomic E-state index is -0.0595. The summed E-state index contributed by atoms with van der Waals surface area (Å²) in [6.07, 6.45) is 0. The van der Waals surface area contributed by atoms with E-state index in [9.17, 15) is 0 Å². The molecule has 0 aliphatic carbocycles. The number of nitrogens with one attached hydrogen (secondary N) is 1. The van der Waals surface area contributed by atoms with Crippen LogP contribution in [0.5, 0.6) is 0 Å². The molecule has 0 fully saturated rings. The van der Waals surface area contributed by atoms with Crippen molar-refractivity contribution < 1.29 is 9.52 Å². The van der Waals surface area contributed by atoms with Gasteiger partial charge in [0.05, 0.1) is 6.54 Å². The number of furan rings is 1. The van der Waals surface area contributed by atoms with Crippen molar-refractivity contribution in [1.29, 1.82) is 0 Å². The largest absolute Gasteiger partial charge is 0.462 e. The number of aliphatic hydroxyl groups excluding tert-OH is 1. The maximum absolute atomic E-state index is 8.94. The number of hydrogen-bond donors (Lipinski definition) is 2. The van der Waals surface area contributed by atoms with Crippen molar-refractivity contribution in [3.8, 4) is 0 Å². The SMILES string of the molecule is OCc1ccc(CNc2ccc3ccccc3c2)o1. The lowest BCUT2D eigenvalue weighted by molar-refractivity contribution is 0.244. The van der Waals surface area contributed by atoms with Crippen LogP contribution in [0.3, 0.4) is 0 Å². The first-order valence-electron chi connectivity index (χ1n) is 6.26. The fraction of sp³-hybridized carbons (Fsp3) is 0.125. The van der Waals surface area contributed by atoms with E-state index in [1.165, 1.54) is 10.8 Å². The molecule has 3 aromatic rings. The van der Waals surface area contributed by atoms with Crippen molar-refractivity contribution >= 4 is 16.5 Å². The van der Waals surface area contributed by atoms with Crippen molar-refractivity contribution in [1.82, 2.24) is 0 Å². The molecule has 0 unspecified atom stereocenters. The van der Waals surface area contributed by atoms with Gasteiger partial charge >= 0.3 is 0 Å². The van der Waals surface area contributed by atoms with E-state index in [4.69, 9.17) is 9.52 Å². The first-order valence-corrected chi connectivity index (χ1v) is 6.26. The lowest BCUT2D eigenvalue weighted by atomic mass is 10.1. The molecule has 19 heavy (non-hydrogen) atoms. The second kappa shape index (κ2) is 5.16. The predicted octanol–water partition coefficient (Wildman–Crippen LogP) is 3.54. The molecular formula is C16H15NO2. The van der Waals surface area contributed by atoms with E-state index in [0.717, 1.165) is 11.4 Å².